The zero-order valence-corrected chi connectivity index (χ0v) is 17.7. The van der Waals surface area contributed by atoms with Crippen LogP contribution in [-0.4, -0.2) is 29.9 Å². The van der Waals surface area contributed by atoms with Crippen LogP contribution < -0.4 is 0 Å². The Morgan fingerprint density at radius 1 is 0.893 bits per heavy atom. The summed E-state index contributed by atoms with van der Waals surface area (Å²) in [5.41, 5.74) is 0.133. The zero-order valence-electron chi connectivity index (χ0n) is 17.7. The van der Waals surface area contributed by atoms with Gasteiger partial charge < -0.3 is 9.47 Å². The Morgan fingerprint density at radius 2 is 1.57 bits per heavy atom. The maximum Gasteiger partial charge on any atom is 0.303 e. The number of ether oxygens (including phenoxy) is 2. The molecule has 0 N–H and O–H groups in total. The minimum absolute atomic E-state index is 0.0446. The molecule has 4 fully saturated rings. The van der Waals surface area contributed by atoms with Gasteiger partial charge >= 0.3 is 11.9 Å². The molecule has 5 nitrogen and oxygen atoms in total. The topological polar surface area (TPSA) is 69.7 Å². The fraction of sp³-hybridized carbons (Fsp3) is 0.870. The van der Waals surface area contributed by atoms with Gasteiger partial charge in [0.25, 0.3) is 0 Å². The van der Waals surface area contributed by atoms with Crippen molar-refractivity contribution in [2.75, 3.05) is 0 Å². The number of fused-ring (bicyclic) bond motifs is 5. The molecule has 156 valence electrons. The van der Waals surface area contributed by atoms with E-state index in [1.165, 1.54) is 20.3 Å². The molecule has 0 spiro atoms. The summed E-state index contributed by atoms with van der Waals surface area (Å²) < 4.78 is 11.1. The first-order valence-corrected chi connectivity index (χ1v) is 11.0. The molecule has 28 heavy (non-hydrogen) atoms. The summed E-state index contributed by atoms with van der Waals surface area (Å²) in [7, 11) is 0. The van der Waals surface area contributed by atoms with Gasteiger partial charge in [0.15, 0.2) is 11.9 Å². The van der Waals surface area contributed by atoms with Crippen LogP contribution in [0.4, 0.5) is 0 Å². The molecule has 0 unspecified atom stereocenters. The summed E-state index contributed by atoms with van der Waals surface area (Å²) in [5, 5.41) is 0. The maximum atomic E-state index is 12.5. The van der Waals surface area contributed by atoms with Gasteiger partial charge in [-0.1, -0.05) is 13.8 Å². The van der Waals surface area contributed by atoms with Crippen LogP contribution >= 0.6 is 0 Å². The van der Waals surface area contributed by atoms with Gasteiger partial charge in [0, 0.05) is 25.7 Å². The smallest absolute Gasteiger partial charge is 0.303 e. The molecular formula is C23H34O5. The van der Waals surface area contributed by atoms with Crippen LogP contribution in [0, 0.1) is 34.5 Å². The SMILES string of the molecule is CC(=O)O[C@@H]1C[C@@]2(C)[C@H](CC[C@H]3[C@H]4CC[C@@H](OC(C)=O)[C@]4(C)CC[C@@H]32)CC1=O. The Balaban J connectivity index is 1.58. The van der Waals surface area contributed by atoms with E-state index in [2.05, 4.69) is 13.8 Å². The third-order valence-electron chi connectivity index (χ3n) is 9.03. The number of Topliss-reactive ketones (excluding diaryl/α,β-unsaturated/α-hetero) is 1. The Morgan fingerprint density at radius 3 is 2.25 bits per heavy atom. The lowest BCUT2D eigenvalue weighted by Gasteiger charge is -2.60. The summed E-state index contributed by atoms with van der Waals surface area (Å²) in [6, 6.07) is 0. The van der Waals surface area contributed by atoms with Crippen molar-refractivity contribution in [3.05, 3.63) is 0 Å². The van der Waals surface area contributed by atoms with Crippen molar-refractivity contribution in [2.45, 2.75) is 91.3 Å². The van der Waals surface area contributed by atoms with Gasteiger partial charge in [0.05, 0.1) is 0 Å². The van der Waals surface area contributed by atoms with Gasteiger partial charge in [-0.15, -0.1) is 0 Å². The summed E-state index contributed by atoms with van der Waals surface area (Å²) in [5.74, 6) is 1.75. The third-order valence-corrected chi connectivity index (χ3v) is 9.03. The molecule has 0 aromatic carbocycles. The van der Waals surface area contributed by atoms with Crippen LogP contribution in [0.25, 0.3) is 0 Å². The molecule has 4 saturated carbocycles. The highest BCUT2D eigenvalue weighted by Crippen LogP contribution is 2.66. The summed E-state index contributed by atoms with van der Waals surface area (Å²) >= 11 is 0. The third kappa shape index (κ3) is 3.00. The molecule has 4 aliphatic carbocycles. The highest BCUT2D eigenvalue weighted by molar-refractivity contribution is 5.86. The van der Waals surface area contributed by atoms with E-state index in [4.69, 9.17) is 9.47 Å². The van der Waals surface area contributed by atoms with Gasteiger partial charge in [-0.25, -0.2) is 0 Å². The number of hydrogen-bond donors (Lipinski definition) is 0. The monoisotopic (exact) mass is 390 g/mol. The molecule has 4 aliphatic rings. The highest BCUT2D eigenvalue weighted by Gasteiger charge is 2.62. The summed E-state index contributed by atoms with van der Waals surface area (Å²) in [6.07, 6.45) is 7.25. The van der Waals surface area contributed by atoms with Crippen LogP contribution in [0.3, 0.4) is 0 Å². The standard InChI is InChI=1S/C23H34O5/c1-13(24)27-20-12-23(4)15(11-19(20)26)5-6-16-17-7-8-21(28-14(2)25)22(17,3)10-9-18(16)23/h15-18,20-21H,5-12H2,1-4H3/t15-,16+,17-,18+,20-,21-,22-,23+/m1/s1. The summed E-state index contributed by atoms with van der Waals surface area (Å²) in [6.45, 7) is 7.58. The average molecular weight is 391 g/mol. The van der Waals surface area contributed by atoms with Crippen LogP contribution in [-0.2, 0) is 23.9 Å². The molecule has 0 aromatic heterocycles. The second-order valence-electron chi connectivity index (χ2n) is 10.3. The molecule has 5 heteroatoms. The number of carbonyl (C=O) groups is 3. The lowest BCUT2D eigenvalue weighted by molar-refractivity contribution is -0.175. The average Bonchev–Trinajstić information content (AvgIpc) is 2.92. The van der Waals surface area contributed by atoms with E-state index in [0.29, 0.717) is 36.5 Å². The van der Waals surface area contributed by atoms with Crippen molar-refractivity contribution in [3.8, 4) is 0 Å². The molecule has 0 aliphatic heterocycles. The van der Waals surface area contributed by atoms with Gasteiger partial charge in [-0.05, 0) is 74.0 Å². The van der Waals surface area contributed by atoms with E-state index < -0.39 is 6.10 Å². The van der Waals surface area contributed by atoms with Crippen molar-refractivity contribution in [1.29, 1.82) is 0 Å². The van der Waals surface area contributed by atoms with Crippen LogP contribution in [0.2, 0.25) is 0 Å². The van der Waals surface area contributed by atoms with E-state index in [1.807, 2.05) is 0 Å². The minimum atomic E-state index is -0.566. The fourth-order valence-corrected chi connectivity index (χ4v) is 7.73. The molecule has 0 amide bonds. The number of ketones is 1. The minimum Gasteiger partial charge on any atom is -0.462 e. The van der Waals surface area contributed by atoms with E-state index >= 15 is 0 Å². The normalized spacial score (nSPS) is 47.5. The van der Waals surface area contributed by atoms with Gasteiger partial charge in [-0.2, -0.15) is 0 Å². The Hall–Kier alpha value is -1.39. The number of carbonyl (C=O) groups excluding carboxylic acids is 3. The largest absolute Gasteiger partial charge is 0.462 e. The summed E-state index contributed by atoms with van der Waals surface area (Å²) in [4.78, 5) is 35.6. The van der Waals surface area contributed by atoms with Crippen molar-refractivity contribution in [2.24, 2.45) is 34.5 Å². The Kier molecular flexibility index (Phi) is 4.86. The second kappa shape index (κ2) is 6.84. The van der Waals surface area contributed by atoms with Crippen LogP contribution in [0.5, 0.6) is 0 Å². The lowest BCUT2D eigenvalue weighted by Crippen LogP contribution is -2.56. The van der Waals surface area contributed by atoms with Crippen LogP contribution in [0.1, 0.15) is 79.1 Å². The molecule has 0 aromatic rings. The van der Waals surface area contributed by atoms with Crippen molar-refractivity contribution in [1.82, 2.24) is 0 Å². The second-order valence-corrected chi connectivity index (χ2v) is 10.3. The quantitative estimate of drug-likeness (QED) is 0.665. The van der Waals surface area contributed by atoms with E-state index in [0.717, 1.165) is 32.1 Å². The molecule has 0 bridgehead atoms. The Labute approximate surface area is 167 Å². The van der Waals surface area contributed by atoms with E-state index in [-0.39, 0.29) is 34.7 Å². The van der Waals surface area contributed by atoms with Gasteiger partial charge in [-0.3, -0.25) is 14.4 Å². The highest BCUT2D eigenvalue weighted by atomic mass is 16.5. The lowest BCUT2D eigenvalue weighted by atomic mass is 9.45. The number of hydrogen-bond acceptors (Lipinski definition) is 5. The predicted octanol–water partition coefficient (Wildman–Crippen LogP) is 4.07. The number of rotatable bonds is 2. The van der Waals surface area contributed by atoms with Crippen molar-refractivity contribution in [3.63, 3.8) is 0 Å². The van der Waals surface area contributed by atoms with Crippen LogP contribution in [0.15, 0.2) is 0 Å². The van der Waals surface area contributed by atoms with Gasteiger partial charge in [0.1, 0.15) is 6.10 Å². The fourth-order valence-electron chi connectivity index (χ4n) is 7.73. The first-order valence-electron chi connectivity index (χ1n) is 11.0. The maximum absolute atomic E-state index is 12.5. The molecular weight excluding hydrogens is 356 g/mol. The van der Waals surface area contributed by atoms with Crippen molar-refractivity contribution >= 4 is 17.7 Å². The molecule has 0 heterocycles. The van der Waals surface area contributed by atoms with Gasteiger partial charge in [0.2, 0.25) is 0 Å². The molecule has 0 saturated heterocycles. The first-order chi connectivity index (χ1) is 13.1. The van der Waals surface area contributed by atoms with Crippen molar-refractivity contribution < 1.29 is 23.9 Å². The first kappa shape index (κ1) is 19.9. The molecule has 0 radical (unpaired) electrons. The zero-order chi connectivity index (χ0) is 20.3. The van der Waals surface area contributed by atoms with E-state index in [9.17, 15) is 14.4 Å². The molecule has 4 rings (SSSR count). The molecule has 8 atom stereocenters. The van der Waals surface area contributed by atoms with E-state index in [1.54, 1.807) is 0 Å². The Bertz CT molecular complexity index is 686. The predicted molar refractivity (Wildman–Crippen MR) is 103 cm³/mol. The number of esters is 2.